The van der Waals surface area contributed by atoms with E-state index in [0.29, 0.717) is 17.7 Å². The molecule has 2 rings (SSSR count). The molecule has 0 aliphatic carbocycles. The van der Waals surface area contributed by atoms with Gasteiger partial charge in [-0.3, -0.25) is 0 Å². The van der Waals surface area contributed by atoms with Crippen molar-refractivity contribution in [3.05, 3.63) is 63.0 Å². The molecule has 4 heteroatoms. The van der Waals surface area contributed by atoms with Crippen molar-refractivity contribution in [3.8, 4) is 6.07 Å². The molecule has 0 spiro atoms. The second-order valence-corrected chi connectivity index (χ2v) is 5.02. The summed E-state index contributed by atoms with van der Waals surface area (Å²) in [7, 11) is 0. The molecule has 0 atom stereocenters. The Kier molecular flexibility index (Phi) is 4.15. The molecule has 90 valence electrons. The summed E-state index contributed by atoms with van der Waals surface area (Å²) in [5.74, 6) is -0.299. The Labute approximate surface area is 119 Å². The zero-order valence-corrected chi connectivity index (χ0v) is 11.6. The van der Waals surface area contributed by atoms with Gasteiger partial charge in [0.15, 0.2) is 0 Å². The van der Waals surface area contributed by atoms with Crippen molar-refractivity contribution < 1.29 is 4.39 Å². The van der Waals surface area contributed by atoms with Crippen molar-refractivity contribution in [2.45, 2.75) is 6.54 Å². The number of benzene rings is 2. The highest BCUT2D eigenvalue weighted by Gasteiger charge is 2.03. The van der Waals surface area contributed by atoms with Crippen molar-refractivity contribution in [1.29, 1.82) is 5.26 Å². The highest BCUT2D eigenvalue weighted by molar-refractivity contribution is 14.1. The van der Waals surface area contributed by atoms with Crippen molar-refractivity contribution in [1.82, 2.24) is 0 Å². The Hall–Kier alpha value is -1.61. The van der Waals surface area contributed by atoms with E-state index in [9.17, 15) is 4.39 Å². The van der Waals surface area contributed by atoms with Crippen LogP contribution in [0, 0.1) is 20.7 Å². The van der Waals surface area contributed by atoms with E-state index in [1.165, 1.54) is 12.1 Å². The quantitative estimate of drug-likeness (QED) is 0.851. The van der Waals surface area contributed by atoms with Crippen LogP contribution in [0.1, 0.15) is 11.1 Å². The first kappa shape index (κ1) is 12.8. The van der Waals surface area contributed by atoms with Crippen LogP contribution in [-0.4, -0.2) is 0 Å². The van der Waals surface area contributed by atoms with E-state index < -0.39 is 0 Å². The second kappa shape index (κ2) is 5.83. The maximum Gasteiger partial charge on any atom is 0.128 e. The molecular formula is C14H10FIN2. The number of nitriles is 1. The van der Waals surface area contributed by atoms with E-state index in [2.05, 4.69) is 27.9 Å². The molecule has 0 radical (unpaired) electrons. The van der Waals surface area contributed by atoms with Crippen LogP contribution in [-0.2, 0) is 6.54 Å². The largest absolute Gasteiger partial charge is 0.381 e. The minimum Gasteiger partial charge on any atom is -0.381 e. The van der Waals surface area contributed by atoms with Gasteiger partial charge in [-0.2, -0.15) is 5.26 Å². The highest BCUT2D eigenvalue weighted by atomic mass is 127. The third-order valence-electron chi connectivity index (χ3n) is 2.50. The standard InChI is InChI=1S/C14H10FIN2/c15-14-6-1-10(8-17)7-11(14)9-18-13-4-2-12(16)3-5-13/h1-7,18H,9H2. The first-order valence-electron chi connectivity index (χ1n) is 5.37. The number of anilines is 1. The number of halogens is 2. The van der Waals surface area contributed by atoms with Crippen LogP contribution in [0.25, 0.3) is 0 Å². The number of nitrogens with one attached hydrogen (secondary N) is 1. The fraction of sp³-hybridized carbons (Fsp3) is 0.0714. The normalized spacial score (nSPS) is 9.83. The molecule has 0 saturated heterocycles. The zero-order valence-electron chi connectivity index (χ0n) is 9.45. The van der Waals surface area contributed by atoms with Gasteiger partial charge in [0.25, 0.3) is 0 Å². The molecule has 0 amide bonds. The van der Waals surface area contributed by atoms with Gasteiger partial charge in [0, 0.05) is 21.4 Å². The number of rotatable bonds is 3. The zero-order chi connectivity index (χ0) is 13.0. The summed E-state index contributed by atoms with van der Waals surface area (Å²) in [6, 6.07) is 14.2. The van der Waals surface area contributed by atoms with Crippen LogP contribution in [0.3, 0.4) is 0 Å². The van der Waals surface area contributed by atoms with Crippen LogP contribution in [0.5, 0.6) is 0 Å². The summed E-state index contributed by atoms with van der Waals surface area (Å²) >= 11 is 2.23. The van der Waals surface area contributed by atoms with Crippen LogP contribution >= 0.6 is 22.6 Å². The van der Waals surface area contributed by atoms with E-state index in [1.54, 1.807) is 6.07 Å². The number of hydrogen-bond donors (Lipinski definition) is 1. The van der Waals surface area contributed by atoms with E-state index in [4.69, 9.17) is 5.26 Å². The lowest BCUT2D eigenvalue weighted by Crippen LogP contribution is -2.02. The average Bonchev–Trinajstić information content (AvgIpc) is 2.40. The lowest BCUT2D eigenvalue weighted by molar-refractivity contribution is 0.612. The summed E-state index contributed by atoms with van der Waals surface area (Å²) < 4.78 is 14.7. The topological polar surface area (TPSA) is 35.8 Å². The van der Waals surface area contributed by atoms with Gasteiger partial charge in [0.05, 0.1) is 11.6 Å². The molecule has 0 bridgehead atoms. The molecular weight excluding hydrogens is 342 g/mol. The molecule has 2 nitrogen and oxygen atoms in total. The molecule has 2 aromatic rings. The van der Waals surface area contributed by atoms with E-state index in [-0.39, 0.29) is 5.82 Å². The lowest BCUT2D eigenvalue weighted by Gasteiger charge is -2.07. The Balaban J connectivity index is 2.10. The van der Waals surface area contributed by atoms with Crippen molar-refractivity contribution in [2.24, 2.45) is 0 Å². The maximum absolute atomic E-state index is 13.5. The Morgan fingerprint density at radius 1 is 1.17 bits per heavy atom. The van der Waals surface area contributed by atoms with Gasteiger partial charge in [-0.25, -0.2) is 4.39 Å². The van der Waals surface area contributed by atoms with E-state index >= 15 is 0 Å². The number of hydrogen-bond acceptors (Lipinski definition) is 2. The lowest BCUT2D eigenvalue weighted by atomic mass is 10.1. The molecule has 2 aromatic carbocycles. The van der Waals surface area contributed by atoms with Gasteiger partial charge in [-0.05, 0) is 65.1 Å². The molecule has 0 unspecified atom stereocenters. The van der Waals surface area contributed by atoms with Gasteiger partial charge >= 0.3 is 0 Å². The summed E-state index contributed by atoms with van der Waals surface area (Å²) in [5.41, 5.74) is 1.89. The molecule has 0 fully saturated rings. The van der Waals surface area contributed by atoms with Crippen LogP contribution in [0.2, 0.25) is 0 Å². The van der Waals surface area contributed by atoms with Crippen LogP contribution < -0.4 is 5.32 Å². The minimum absolute atomic E-state index is 0.299. The fourth-order valence-corrected chi connectivity index (χ4v) is 1.90. The Morgan fingerprint density at radius 3 is 2.56 bits per heavy atom. The SMILES string of the molecule is N#Cc1ccc(F)c(CNc2ccc(I)cc2)c1. The monoisotopic (exact) mass is 352 g/mol. The molecule has 1 N–H and O–H groups in total. The van der Waals surface area contributed by atoms with Crippen molar-refractivity contribution >= 4 is 28.3 Å². The molecule has 18 heavy (non-hydrogen) atoms. The summed E-state index contributed by atoms with van der Waals surface area (Å²) in [6.45, 7) is 0.363. The van der Waals surface area contributed by atoms with Crippen molar-refractivity contribution in [2.75, 3.05) is 5.32 Å². The molecule has 0 saturated carbocycles. The molecule has 0 aliphatic rings. The number of nitrogens with zero attached hydrogens (tertiary/aromatic N) is 1. The third kappa shape index (κ3) is 3.20. The fourth-order valence-electron chi connectivity index (χ4n) is 1.54. The Morgan fingerprint density at radius 2 is 1.89 bits per heavy atom. The molecule has 0 heterocycles. The smallest absolute Gasteiger partial charge is 0.128 e. The van der Waals surface area contributed by atoms with Gasteiger partial charge in [0.1, 0.15) is 5.82 Å². The van der Waals surface area contributed by atoms with E-state index in [1.807, 2.05) is 30.3 Å². The van der Waals surface area contributed by atoms with Gasteiger partial charge in [-0.1, -0.05) is 0 Å². The first-order valence-corrected chi connectivity index (χ1v) is 6.45. The second-order valence-electron chi connectivity index (χ2n) is 3.78. The summed E-state index contributed by atoms with van der Waals surface area (Å²) in [6.07, 6.45) is 0. The summed E-state index contributed by atoms with van der Waals surface area (Å²) in [4.78, 5) is 0. The maximum atomic E-state index is 13.5. The van der Waals surface area contributed by atoms with Gasteiger partial charge < -0.3 is 5.32 Å². The minimum atomic E-state index is -0.299. The van der Waals surface area contributed by atoms with Crippen LogP contribution in [0.4, 0.5) is 10.1 Å². The van der Waals surface area contributed by atoms with Crippen molar-refractivity contribution in [3.63, 3.8) is 0 Å². The predicted octanol–water partition coefficient (Wildman–Crippen LogP) is 3.91. The van der Waals surface area contributed by atoms with Gasteiger partial charge in [0.2, 0.25) is 0 Å². The summed E-state index contributed by atoms with van der Waals surface area (Å²) in [5, 5.41) is 11.9. The van der Waals surface area contributed by atoms with E-state index in [0.717, 1.165) is 9.26 Å². The van der Waals surface area contributed by atoms with Gasteiger partial charge in [-0.15, -0.1) is 0 Å². The third-order valence-corrected chi connectivity index (χ3v) is 3.22. The van der Waals surface area contributed by atoms with Crippen LogP contribution in [0.15, 0.2) is 42.5 Å². The highest BCUT2D eigenvalue weighted by Crippen LogP contribution is 2.15. The Bertz CT molecular complexity index is 588. The molecule has 0 aromatic heterocycles. The molecule has 0 aliphatic heterocycles. The first-order chi connectivity index (χ1) is 8.69. The predicted molar refractivity (Wildman–Crippen MR) is 77.6 cm³/mol. The average molecular weight is 352 g/mol.